The van der Waals surface area contributed by atoms with Gasteiger partial charge in [-0.3, -0.25) is 9.59 Å². The predicted octanol–water partition coefficient (Wildman–Crippen LogP) is 1.93. The molecule has 0 aliphatic rings. The first kappa shape index (κ1) is 20.0. The van der Waals surface area contributed by atoms with Crippen LogP contribution in [0.2, 0.25) is 0 Å². The molecule has 156 valence electrons. The van der Waals surface area contributed by atoms with Gasteiger partial charge in [-0.05, 0) is 29.8 Å². The topological polar surface area (TPSA) is 116 Å². The van der Waals surface area contributed by atoms with Crippen molar-refractivity contribution in [3.8, 4) is 0 Å². The summed E-state index contributed by atoms with van der Waals surface area (Å²) in [6, 6.07) is 18.0. The van der Waals surface area contributed by atoms with Gasteiger partial charge >= 0.3 is 5.97 Å². The van der Waals surface area contributed by atoms with Gasteiger partial charge in [0, 0.05) is 6.42 Å². The molecule has 1 amide bonds. The Morgan fingerprint density at radius 1 is 1.03 bits per heavy atom. The van der Waals surface area contributed by atoms with Crippen molar-refractivity contribution in [1.82, 2.24) is 20.3 Å². The van der Waals surface area contributed by atoms with Crippen LogP contribution < -0.4 is 10.9 Å². The Kier molecular flexibility index (Phi) is 5.84. The molecule has 0 aliphatic carbocycles. The van der Waals surface area contributed by atoms with Gasteiger partial charge < -0.3 is 14.5 Å². The maximum atomic E-state index is 12.8. The molecule has 1 atom stereocenters. The second kappa shape index (κ2) is 9.04. The lowest BCUT2D eigenvalue weighted by Gasteiger charge is -2.17. The summed E-state index contributed by atoms with van der Waals surface area (Å²) in [6.45, 7) is -0.433. The van der Waals surface area contributed by atoms with E-state index in [1.54, 1.807) is 30.3 Å². The average Bonchev–Trinajstić information content (AvgIpc) is 3.34. The van der Waals surface area contributed by atoms with E-state index < -0.39 is 30.2 Å². The third kappa shape index (κ3) is 4.67. The number of carbonyl (C=O) groups is 2. The van der Waals surface area contributed by atoms with E-state index in [9.17, 15) is 14.4 Å². The summed E-state index contributed by atoms with van der Waals surface area (Å²) >= 11 is 0. The monoisotopic (exact) mass is 418 g/mol. The molecule has 0 aliphatic heterocycles. The van der Waals surface area contributed by atoms with Gasteiger partial charge in [0.1, 0.15) is 11.6 Å². The maximum absolute atomic E-state index is 12.8. The highest BCUT2D eigenvalue weighted by Crippen LogP contribution is 2.08. The van der Waals surface area contributed by atoms with Crippen molar-refractivity contribution in [3.05, 3.63) is 94.7 Å². The van der Waals surface area contributed by atoms with Crippen LogP contribution in [0.1, 0.15) is 16.1 Å². The van der Waals surface area contributed by atoms with Crippen molar-refractivity contribution in [2.24, 2.45) is 0 Å². The number of amides is 1. The van der Waals surface area contributed by atoms with Gasteiger partial charge in [0.25, 0.3) is 11.5 Å². The largest absolute Gasteiger partial charge is 0.459 e. The Bertz CT molecular complexity index is 1250. The average molecular weight is 418 g/mol. The van der Waals surface area contributed by atoms with Crippen LogP contribution in [0, 0.1) is 0 Å². The Balaban J connectivity index is 1.50. The summed E-state index contributed by atoms with van der Waals surface area (Å²) in [4.78, 5) is 37.7. The first-order valence-corrected chi connectivity index (χ1v) is 9.49. The first-order chi connectivity index (χ1) is 15.1. The molecule has 9 nitrogen and oxygen atoms in total. The quantitative estimate of drug-likeness (QED) is 0.456. The van der Waals surface area contributed by atoms with Crippen LogP contribution in [0.5, 0.6) is 0 Å². The summed E-state index contributed by atoms with van der Waals surface area (Å²) in [5, 5.41) is 10.7. The van der Waals surface area contributed by atoms with Crippen molar-refractivity contribution >= 4 is 22.8 Å². The van der Waals surface area contributed by atoms with E-state index in [-0.39, 0.29) is 12.2 Å². The summed E-state index contributed by atoms with van der Waals surface area (Å²) in [7, 11) is 0. The molecule has 0 fully saturated rings. The summed E-state index contributed by atoms with van der Waals surface area (Å²) < 4.78 is 11.3. The summed E-state index contributed by atoms with van der Waals surface area (Å²) in [5.74, 6) is -1.20. The third-order valence-electron chi connectivity index (χ3n) is 4.58. The Morgan fingerprint density at radius 2 is 1.81 bits per heavy atom. The molecule has 0 radical (unpaired) electrons. The fourth-order valence-corrected chi connectivity index (χ4v) is 3.01. The van der Waals surface area contributed by atoms with Crippen LogP contribution in [0.15, 0.2) is 82.2 Å². The number of rotatable bonds is 7. The van der Waals surface area contributed by atoms with Gasteiger partial charge in [-0.25, -0.2) is 4.79 Å². The molecule has 2 aromatic carbocycles. The number of hydrogen-bond acceptors (Lipinski definition) is 7. The second-order valence-corrected chi connectivity index (χ2v) is 6.70. The molecule has 4 aromatic rings. The lowest BCUT2D eigenvalue weighted by molar-refractivity contribution is -0.150. The molecule has 4 rings (SSSR count). The van der Waals surface area contributed by atoms with Crippen LogP contribution in [-0.2, 0) is 22.7 Å². The van der Waals surface area contributed by atoms with Crippen molar-refractivity contribution in [3.63, 3.8) is 0 Å². The number of nitrogens with zero attached hydrogens (tertiary/aromatic N) is 3. The highest BCUT2D eigenvalue weighted by Gasteiger charge is 2.25. The zero-order chi connectivity index (χ0) is 21.6. The highest BCUT2D eigenvalue weighted by atomic mass is 16.5. The minimum absolute atomic E-state index is 0.0717. The number of fused-ring (bicyclic) bond motifs is 1. The molecule has 9 heteroatoms. The Morgan fingerprint density at radius 3 is 2.58 bits per heavy atom. The molecule has 0 saturated heterocycles. The van der Waals surface area contributed by atoms with Gasteiger partial charge in [0.2, 0.25) is 0 Å². The molecule has 31 heavy (non-hydrogen) atoms. The van der Waals surface area contributed by atoms with Crippen molar-refractivity contribution in [2.75, 3.05) is 0 Å². The number of esters is 1. The number of ether oxygens (including phenoxy) is 1. The number of nitrogens with one attached hydrogen (secondary N) is 1. The van der Waals surface area contributed by atoms with Crippen molar-refractivity contribution in [2.45, 2.75) is 19.2 Å². The fraction of sp³-hybridized carbons (Fsp3) is 0.136. The third-order valence-corrected chi connectivity index (χ3v) is 4.58. The SMILES string of the molecule is O=C(N[C@H](Cc1ccccc1)C(=O)OCn1nnc2ccccc2c1=O)c1ccco1. The standard InChI is InChI=1S/C22H18N4O5/c27-20(19-11-6-12-30-19)23-18(13-15-7-2-1-3-8-15)22(29)31-14-26-21(28)16-9-4-5-10-17(16)24-25-26/h1-12,18H,13-14H2,(H,23,27)/t18-/m1/s1. The van der Waals surface area contributed by atoms with Crippen LogP contribution in [-0.4, -0.2) is 32.9 Å². The molecule has 2 aromatic heterocycles. The van der Waals surface area contributed by atoms with E-state index in [0.717, 1.165) is 10.2 Å². The molecular weight excluding hydrogens is 400 g/mol. The van der Waals surface area contributed by atoms with Gasteiger partial charge in [-0.15, -0.1) is 5.10 Å². The number of carbonyl (C=O) groups excluding carboxylic acids is 2. The number of benzene rings is 2. The van der Waals surface area contributed by atoms with E-state index in [1.807, 2.05) is 30.3 Å². The van der Waals surface area contributed by atoms with Gasteiger partial charge in [0.05, 0.1) is 11.6 Å². The molecule has 1 N–H and O–H groups in total. The number of hydrogen-bond donors (Lipinski definition) is 1. The molecule has 0 saturated carbocycles. The molecule has 0 unspecified atom stereocenters. The minimum Gasteiger partial charge on any atom is -0.459 e. The van der Waals surface area contributed by atoms with Gasteiger partial charge in [-0.1, -0.05) is 47.7 Å². The maximum Gasteiger partial charge on any atom is 0.330 e. The van der Waals surface area contributed by atoms with E-state index in [4.69, 9.17) is 9.15 Å². The normalized spacial score (nSPS) is 11.7. The first-order valence-electron chi connectivity index (χ1n) is 9.49. The van der Waals surface area contributed by atoms with Crippen molar-refractivity contribution in [1.29, 1.82) is 0 Å². The predicted molar refractivity (Wildman–Crippen MR) is 110 cm³/mol. The number of furan rings is 1. The molecule has 2 heterocycles. The van der Waals surface area contributed by atoms with Crippen LogP contribution in [0.25, 0.3) is 10.9 Å². The molecule has 0 bridgehead atoms. The second-order valence-electron chi connectivity index (χ2n) is 6.70. The van der Waals surface area contributed by atoms with E-state index in [2.05, 4.69) is 15.6 Å². The lowest BCUT2D eigenvalue weighted by atomic mass is 10.1. The Labute approximate surface area is 176 Å². The van der Waals surface area contributed by atoms with Crippen LogP contribution >= 0.6 is 0 Å². The zero-order valence-corrected chi connectivity index (χ0v) is 16.3. The highest BCUT2D eigenvalue weighted by molar-refractivity contribution is 5.94. The summed E-state index contributed by atoms with van der Waals surface area (Å²) in [5.41, 5.74) is 0.840. The molecule has 0 spiro atoms. The van der Waals surface area contributed by atoms with Crippen LogP contribution in [0.4, 0.5) is 0 Å². The van der Waals surface area contributed by atoms with Gasteiger partial charge in [-0.2, -0.15) is 4.68 Å². The fourth-order valence-electron chi connectivity index (χ4n) is 3.01. The molecular formula is C22H18N4O5. The Hall–Kier alpha value is -4.27. The van der Waals surface area contributed by atoms with E-state index >= 15 is 0 Å². The summed E-state index contributed by atoms with van der Waals surface area (Å²) in [6.07, 6.45) is 1.56. The van der Waals surface area contributed by atoms with E-state index in [0.29, 0.717) is 10.9 Å². The number of aromatic nitrogens is 3. The smallest absolute Gasteiger partial charge is 0.330 e. The van der Waals surface area contributed by atoms with Gasteiger partial charge in [0.15, 0.2) is 12.5 Å². The zero-order valence-electron chi connectivity index (χ0n) is 16.3. The van der Waals surface area contributed by atoms with Crippen LogP contribution in [0.3, 0.4) is 0 Å². The minimum atomic E-state index is -0.996. The van der Waals surface area contributed by atoms with E-state index in [1.165, 1.54) is 12.3 Å². The van der Waals surface area contributed by atoms with Crippen molar-refractivity contribution < 1.29 is 18.7 Å². The lowest BCUT2D eigenvalue weighted by Crippen LogP contribution is -2.44.